The van der Waals surface area contributed by atoms with E-state index in [4.69, 9.17) is 11.6 Å². The van der Waals surface area contributed by atoms with Crippen molar-refractivity contribution in [3.05, 3.63) is 60.8 Å². The maximum absolute atomic E-state index is 12.9. The van der Waals surface area contributed by atoms with Gasteiger partial charge in [0.05, 0.1) is 5.56 Å². The van der Waals surface area contributed by atoms with Crippen molar-refractivity contribution in [1.82, 2.24) is 15.0 Å². The number of nitrogens with one attached hydrogen (secondary N) is 1. The molecule has 0 bridgehead atoms. The lowest BCUT2D eigenvalue weighted by atomic mass is 10.1. The van der Waals surface area contributed by atoms with E-state index in [1.165, 1.54) is 36.8 Å². The summed E-state index contributed by atoms with van der Waals surface area (Å²) in [5, 5.41) is 2.74. The Hall–Kier alpha value is -3.33. The number of rotatable bonds is 6. The summed E-state index contributed by atoms with van der Waals surface area (Å²) in [5.74, 6) is 2.44. The third kappa shape index (κ3) is 4.59. The monoisotopic (exact) mass is 471 g/mol. The first kappa shape index (κ1) is 21.5. The van der Waals surface area contributed by atoms with E-state index in [1.54, 1.807) is 18.5 Å². The summed E-state index contributed by atoms with van der Waals surface area (Å²) in [6, 6.07) is 7.25. The SMILES string of the molecule is CC1[C@H]2CN(c3ncc(C(=O)Nc4ccc(OC(F)(F)Cl)cc4)cc3-c3cncnc3)C[C@@H]12. The molecule has 170 valence electrons. The van der Waals surface area contributed by atoms with E-state index in [-0.39, 0.29) is 11.7 Å². The number of anilines is 2. The van der Waals surface area contributed by atoms with Gasteiger partial charge in [-0.3, -0.25) is 4.79 Å². The lowest BCUT2D eigenvalue weighted by Gasteiger charge is -2.23. The highest BCUT2D eigenvalue weighted by Gasteiger charge is 2.53. The van der Waals surface area contributed by atoms with Crippen LogP contribution in [0.25, 0.3) is 11.1 Å². The molecule has 2 aromatic heterocycles. The predicted molar refractivity (Wildman–Crippen MR) is 119 cm³/mol. The smallest absolute Gasteiger partial charge is 0.420 e. The molecule has 1 saturated carbocycles. The number of ether oxygens (including phenoxy) is 1. The van der Waals surface area contributed by atoms with Crippen molar-refractivity contribution in [3.63, 3.8) is 0 Å². The summed E-state index contributed by atoms with van der Waals surface area (Å²) in [5.41, 5.74) is -1.49. The van der Waals surface area contributed by atoms with Crippen LogP contribution in [0, 0.1) is 17.8 Å². The van der Waals surface area contributed by atoms with Gasteiger partial charge < -0.3 is 15.0 Å². The van der Waals surface area contributed by atoms with E-state index < -0.39 is 5.57 Å². The van der Waals surface area contributed by atoms with E-state index in [9.17, 15) is 13.6 Å². The Morgan fingerprint density at radius 2 is 1.82 bits per heavy atom. The second-order valence-corrected chi connectivity index (χ2v) is 8.78. The first-order valence-corrected chi connectivity index (χ1v) is 10.8. The number of benzene rings is 1. The first-order chi connectivity index (χ1) is 15.8. The molecule has 2 aliphatic rings. The third-order valence-electron chi connectivity index (χ3n) is 6.27. The van der Waals surface area contributed by atoms with E-state index in [0.717, 1.165) is 36.0 Å². The number of pyridine rings is 1. The highest BCUT2D eigenvalue weighted by atomic mass is 35.5. The molecule has 0 spiro atoms. The van der Waals surface area contributed by atoms with Crippen LogP contribution in [0.3, 0.4) is 0 Å². The zero-order valence-electron chi connectivity index (χ0n) is 17.6. The zero-order valence-corrected chi connectivity index (χ0v) is 18.3. The van der Waals surface area contributed by atoms with Crippen molar-refractivity contribution >= 4 is 29.0 Å². The first-order valence-electron chi connectivity index (χ1n) is 10.5. The Balaban J connectivity index is 1.37. The molecule has 2 fully saturated rings. The summed E-state index contributed by atoms with van der Waals surface area (Å²) < 4.78 is 29.8. The molecule has 7 nitrogen and oxygen atoms in total. The van der Waals surface area contributed by atoms with Crippen LogP contribution < -0.4 is 15.0 Å². The largest absolute Gasteiger partial charge is 0.487 e. The molecule has 1 unspecified atom stereocenters. The molecule has 1 aromatic carbocycles. The highest BCUT2D eigenvalue weighted by Crippen LogP contribution is 2.52. The number of carbonyl (C=O) groups excluding carboxylic acids is 1. The van der Waals surface area contributed by atoms with E-state index in [0.29, 0.717) is 23.1 Å². The number of alkyl halides is 3. The molecule has 5 rings (SSSR count). The summed E-state index contributed by atoms with van der Waals surface area (Å²) in [6.07, 6.45) is 6.38. The molecule has 1 aliphatic carbocycles. The van der Waals surface area contributed by atoms with E-state index in [1.807, 2.05) is 0 Å². The average Bonchev–Trinajstić information content (AvgIpc) is 3.19. The Bertz CT molecular complexity index is 1160. The number of aromatic nitrogens is 3. The molecule has 1 saturated heterocycles. The fraction of sp³-hybridized carbons (Fsp3) is 0.304. The minimum Gasteiger partial charge on any atom is -0.420 e. The molecule has 0 radical (unpaired) electrons. The van der Waals surface area contributed by atoms with Crippen LogP contribution in [0.2, 0.25) is 0 Å². The van der Waals surface area contributed by atoms with Crippen molar-refractivity contribution in [2.45, 2.75) is 12.5 Å². The van der Waals surface area contributed by atoms with Gasteiger partial charge in [0.15, 0.2) is 0 Å². The Morgan fingerprint density at radius 1 is 1.15 bits per heavy atom. The fourth-order valence-corrected chi connectivity index (χ4v) is 4.51. The van der Waals surface area contributed by atoms with Gasteiger partial charge in [-0.15, -0.1) is 8.78 Å². The van der Waals surface area contributed by atoms with Crippen LogP contribution in [0.1, 0.15) is 17.3 Å². The minimum atomic E-state index is -3.80. The van der Waals surface area contributed by atoms with Gasteiger partial charge in [-0.2, -0.15) is 0 Å². The lowest BCUT2D eigenvalue weighted by Crippen LogP contribution is -2.25. The van der Waals surface area contributed by atoms with Crippen LogP contribution in [0.5, 0.6) is 5.75 Å². The van der Waals surface area contributed by atoms with Gasteiger partial charge in [-0.25, -0.2) is 15.0 Å². The number of fused-ring (bicyclic) bond motifs is 1. The lowest BCUT2D eigenvalue weighted by molar-refractivity contribution is -0.0964. The van der Waals surface area contributed by atoms with Gasteiger partial charge >= 0.3 is 5.57 Å². The number of carbonyl (C=O) groups is 1. The minimum absolute atomic E-state index is 0.122. The van der Waals surface area contributed by atoms with Gasteiger partial charge in [0.1, 0.15) is 17.9 Å². The van der Waals surface area contributed by atoms with E-state index >= 15 is 0 Å². The molecular weight excluding hydrogens is 452 g/mol. The topological polar surface area (TPSA) is 80.2 Å². The van der Waals surface area contributed by atoms with Crippen molar-refractivity contribution in [2.75, 3.05) is 23.3 Å². The third-order valence-corrected chi connectivity index (χ3v) is 6.35. The van der Waals surface area contributed by atoms with Gasteiger partial charge in [0.2, 0.25) is 0 Å². The molecule has 3 atom stereocenters. The molecule has 10 heteroatoms. The van der Waals surface area contributed by atoms with E-state index in [2.05, 4.69) is 36.8 Å². The van der Waals surface area contributed by atoms with Crippen LogP contribution in [0.15, 0.2) is 55.2 Å². The Kier molecular flexibility index (Phi) is 5.36. The number of hydrogen-bond acceptors (Lipinski definition) is 6. The maximum Gasteiger partial charge on any atom is 0.487 e. The number of nitrogens with zero attached hydrogens (tertiary/aromatic N) is 4. The van der Waals surface area contributed by atoms with Gasteiger partial charge in [0.25, 0.3) is 5.91 Å². The molecule has 1 aliphatic heterocycles. The normalized spacial score (nSPS) is 21.5. The predicted octanol–water partition coefficient (Wildman–Crippen LogP) is 4.66. The second-order valence-electron chi connectivity index (χ2n) is 8.34. The number of hydrogen-bond donors (Lipinski definition) is 1. The number of halogens is 3. The molecule has 1 amide bonds. The number of piperidine rings is 1. The molecule has 33 heavy (non-hydrogen) atoms. The van der Waals surface area contributed by atoms with Crippen LogP contribution in [-0.2, 0) is 0 Å². The standard InChI is InChI=1S/C23H20ClF2N5O2/c1-13-19-10-31(11-20(13)19)21-18(15-7-27-12-28-8-15)6-14(9-29-21)22(32)30-16-2-4-17(5-3-16)33-23(24,25)26/h2-9,12-13,19-20H,10-11H2,1H3,(H,30,32)/t13?,19-,20+. The van der Waals surface area contributed by atoms with Crippen molar-refractivity contribution in [2.24, 2.45) is 17.8 Å². The zero-order chi connectivity index (χ0) is 23.2. The molecule has 3 aromatic rings. The summed E-state index contributed by atoms with van der Waals surface area (Å²) in [7, 11) is 0. The van der Waals surface area contributed by atoms with Gasteiger partial charge in [-0.1, -0.05) is 6.92 Å². The quantitative estimate of drug-likeness (QED) is 0.527. The van der Waals surface area contributed by atoms with Crippen molar-refractivity contribution in [1.29, 1.82) is 0 Å². The molecular formula is C23H20ClF2N5O2. The van der Waals surface area contributed by atoms with Crippen LogP contribution in [0.4, 0.5) is 20.3 Å². The second kappa shape index (κ2) is 8.22. The average molecular weight is 472 g/mol. The maximum atomic E-state index is 12.9. The molecule has 3 heterocycles. The van der Waals surface area contributed by atoms with Gasteiger partial charge in [-0.05, 0) is 48.1 Å². The van der Waals surface area contributed by atoms with Crippen molar-refractivity contribution < 1.29 is 18.3 Å². The van der Waals surface area contributed by atoms with Crippen molar-refractivity contribution in [3.8, 4) is 16.9 Å². The van der Waals surface area contributed by atoms with Crippen LogP contribution in [-0.4, -0.2) is 39.5 Å². The van der Waals surface area contributed by atoms with Gasteiger partial charge in [0, 0.05) is 60.1 Å². The summed E-state index contributed by atoms with van der Waals surface area (Å²) >= 11 is 4.77. The Morgan fingerprint density at radius 3 is 2.45 bits per heavy atom. The number of amides is 1. The summed E-state index contributed by atoms with van der Waals surface area (Å²) in [4.78, 5) is 28.0. The highest BCUT2D eigenvalue weighted by molar-refractivity contribution is 6.20. The summed E-state index contributed by atoms with van der Waals surface area (Å²) in [6.45, 7) is 4.17. The fourth-order valence-electron chi connectivity index (χ4n) is 4.42. The van der Waals surface area contributed by atoms with Crippen LogP contribution >= 0.6 is 11.6 Å². The Labute approximate surface area is 193 Å². The molecule has 1 N–H and O–H groups in total.